The Bertz CT molecular complexity index is 2770. The maximum atomic E-state index is 6.09. The Morgan fingerprint density at radius 2 is 0.980 bits per heavy atom. The van der Waals surface area contributed by atoms with Crippen LogP contribution in [0.2, 0.25) is 0 Å². The van der Waals surface area contributed by atoms with Gasteiger partial charge in [0.15, 0.2) is 16.6 Å². The van der Waals surface area contributed by atoms with E-state index in [1.807, 2.05) is 132 Å². The first-order valence-electron chi connectivity index (χ1n) is 15.5. The van der Waals surface area contributed by atoms with E-state index in [4.69, 9.17) is 18.3 Å². The highest BCUT2D eigenvalue weighted by Crippen LogP contribution is 2.45. The Labute approximate surface area is 275 Å². The lowest BCUT2D eigenvalue weighted by molar-refractivity contribution is 0.315. The van der Waals surface area contributed by atoms with Crippen molar-refractivity contribution >= 4 is 61.1 Å². The third-order valence-electron chi connectivity index (χ3n) is 8.77. The third kappa shape index (κ3) is 4.29. The highest BCUT2D eigenvalue weighted by molar-refractivity contribution is 6.09. The zero-order chi connectivity index (χ0) is 32.3. The molecule has 11 heteroatoms. The molecule has 0 aliphatic heterocycles. The minimum absolute atomic E-state index is 0.532. The molecule has 0 atom stereocenters. The molecule has 0 amide bonds. The molecule has 0 spiro atoms. The van der Waals surface area contributed by atoms with Crippen LogP contribution >= 0.6 is 0 Å². The Morgan fingerprint density at radius 3 is 1.69 bits per heavy atom. The van der Waals surface area contributed by atoms with Gasteiger partial charge in [-0.2, -0.15) is 0 Å². The van der Waals surface area contributed by atoms with E-state index in [1.165, 1.54) is 0 Å². The lowest BCUT2D eigenvalue weighted by Crippen LogP contribution is -2.12. The molecule has 0 aliphatic carbocycles. The summed E-state index contributed by atoms with van der Waals surface area (Å²) in [6.07, 6.45) is 0. The van der Waals surface area contributed by atoms with Crippen molar-refractivity contribution in [3.05, 3.63) is 127 Å². The van der Waals surface area contributed by atoms with E-state index in [0.29, 0.717) is 50.2 Å². The molecule has 10 rings (SSSR count). The Hall–Kier alpha value is -7.14. The predicted molar refractivity (Wildman–Crippen MR) is 183 cm³/mol. The van der Waals surface area contributed by atoms with Crippen molar-refractivity contribution < 1.29 is 18.3 Å². The van der Waals surface area contributed by atoms with Crippen LogP contribution in [0.1, 0.15) is 0 Å². The van der Waals surface area contributed by atoms with Crippen LogP contribution in [-0.4, -0.2) is 30.9 Å². The minimum Gasteiger partial charge on any atom is -0.456 e. The molecule has 10 aromatic rings. The van der Waals surface area contributed by atoms with Crippen LogP contribution in [0.3, 0.4) is 0 Å². The Balaban J connectivity index is 1.13. The Kier molecular flexibility index (Phi) is 5.90. The zero-order valence-corrected chi connectivity index (χ0v) is 25.4. The van der Waals surface area contributed by atoms with Gasteiger partial charge in [0.1, 0.15) is 27.9 Å². The fourth-order valence-corrected chi connectivity index (χ4v) is 6.45. The van der Waals surface area contributed by atoms with Crippen LogP contribution in [-0.2, 0) is 0 Å². The molecule has 0 N–H and O–H groups in total. The molecule has 0 radical (unpaired) electrons. The lowest BCUT2D eigenvalue weighted by Gasteiger charge is -2.25. The van der Waals surface area contributed by atoms with Crippen molar-refractivity contribution in [2.45, 2.75) is 0 Å². The second-order valence-corrected chi connectivity index (χ2v) is 11.5. The van der Waals surface area contributed by atoms with E-state index in [9.17, 15) is 0 Å². The van der Waals surface area contributed by atoms with Crippen LogP contribution in [0, 0.1) is 0 Å². The number of hydrogen-bond acceptors (Lipinski definition) is 11. The zero-order valence-electron chi connectivity index (χ0n) is 25.4. The van der Waals surface area contributed by atoms with Crippen molar-refractivity contribution in [3.8, 4) is 33.6 Å². The fraction of sp³-hybridized carbons (Fsp3) is 0. The van der Waals surface area contributed by atoms with E-state index in [-0.39, 0.29) is 0 Å². The molecular weight excluding hydrogens is 618 g/mol. The molecule has 0 saturated carbocycles. The van der Waals surface area contributed by atoms with Crippen molar-refractivity contribution in [2.75, 3.05) is 4.90 Å². The van der Waals surface area contributed by atoms with Crippen molar-refractivity contribution in [3.63, 3.8) is 0 Å². The number of fused-ring (bicyclic) bond motifs is 4. The highest BCUT2D eigenvalue weighted by Gasteiger charge is 2.27. The average Bonchev–Trinajstić information content (AvgIpc) is 3.98. The second-order valence-electron chi connectivity index (χ2n) is 11.5. The summed E-state index contributed by atoms with van der Waals surface area (Å²) >= 11 is 0. The molecule has 49 heavy (non-hydrogen) atoms. The van der Waals surface area contributed by atoms with Crippen LogP contribution < -0.4 is 4.90 Å². The maximum absolute atomic E-state index is 6.09. The third-order valence-corrected chi connectivity index (χ3v) is 8.77. The summed E-state index contributed by atoms with van der Waals surface area (Å²) in [7, 11) is 0. The van der Waals surface area contributed by atoms with Gasteiger partial charge in [-0.15, -0.1) is 0 Å². The summed E-state index contributed by atoms with van der Waals surface area (Å²) < 4.78 is 22.0. The van der Waals surface area contributed by atoms with Crippen molar-refractivity contribution in [1.29, 1.82) is 0 Å². The largest absolute Gasteiger partial charge is 0.456 e. The van der Waals surface area contributed by atoms with Gasteiger partial charge in [0.05, 0.1) is 17.1 Å². The summed E-state index contributed by atoms with van der Waals surface area (Å²) in [5, 5.41) is 26.9. The van der Waals surface area contributed by atoms with E-state index in [0.717, 1.165) is 44.5 Å². The molecule has 6 aromatic carbocycles. The van der Waals surface area contributed by atoms with E-state index >= 15 is 0 Å². The first-order chi connectivity index (χ1) is 24.3. The molecule has 4 aromatic heterocycles. The smallest absolute Gasteiger partial charge is 0.159 e. The van der Waals surface area contributed by atoms with Gasteiger partial charge in [-0.1, -0.05) is 78.9 Å². The van der Waals surface area contributed by atoms with Crippen LogP contribution in [0.15, 0.2) is 146 Å². The first-order valence-corrected chi connectivity index (χ1v) is 15.5. The highest BCUT2D eigenvalue weighted by atomic mass is 16.6. The van der Waals surface area contributed by atoms with Gasteiger partial charge in [0, 0.05) is 22.1 Å². The van der Waals surface area contributed by atoms with Crippen LogP contribution in [0.25, 0.3) is 77.6 Å². The quantitative estimate of drug-likeness (QED) is 0.172. The number of furan rings is 1. The normalized spacial score (nSPS) is 11.7. The number of nitrogens with zero attached hydrogens (tertiary/aromatic N) is 7. The lowest BCUT2D eigenvalue weighted by atomic mass is 10.00. The summed E-state index contributed by atoms with van der Waals surface area (Å²) in [5.74, 6) is 0.801. The van der Waals surface area contributed by atoms with Gasteiger partial charge in [-0.3, -0.25) is 0 Å². The summed E-state index contributed by atoms with van der Waals surface area (Å²) in [5.41, 5.74) is 10.9. The van der Waals surface area contributed by atoms with Gasteiger partial charge >= 0.3 is 0 Å². The second kappa shape index (κ2) is 10.7. The SMILES string of the molecule is c1ccc(-c2ccc(N(c3cccc4nonc34)c3ccc(-c4ccc(-c5cc6ccccc6o5)cc4)c4nonc34)c3nonc23)cc1. The van der Waals surface area contributed by atoms with Gasteiger partial charge < -0.3 is 9.32 Å². The van der Waals surface area contributed by atoms with Gasteiger partial charge in [-0.25, -0.2) is 13.9 Å². The number of hydrogen-bond donors (Lipinski definition) is 0. The Morgan fingerprint density at radius 1 is 0.408 bits per heavy atom. The fourth-order valence-electron chi connectivity index (χ4n) is 6.45. The van der Waals surface area contributed by atoms with Crippen LogP contribution in [0.5, 0.6) is 0 Å². The van der Waals surface area contributed by atoms with Crippen molar-refractivity contribution in [2.24, 2.45) is 0 Å². The number of para-hydroxylation sites is 1. The standard InChI is InChI=1S/C38H21N7O4/c1-2-7-22(8-3-1)26-17-19-30(37-34(26)40-48-43-37)45(29-11-6-10-28-36(29)42-47-39-28)31-20-18-27(35-38(31)44-49-41-35)23-13-15-24(16-14-23)33-21-25-9-4-5-12-32(25)46-33/h1-21H. The number of anilines is 3. The molecule has 4 heterocycles. The minimum atomic E-state index is 0.532. The molecule has 0 bridgehead atoms. The van der Waals surface area contributed by atoms with Crippen LogP contribution in [0.4, 0.5) is 17.1 Å². The number of aromatic nitrogens is 6. The molecular formula is C38H21N7O4. The number of benzene rings is 6. The molecule has 232 valence electrons. The number of rotatable bonds is 6. The monoisotopic (exact) mass is 639 g/mol. The van der Waals surface area contributed by atoms with E-state index in [1.54, 1.807) is 0 Å². The summed E-state index contributed by atoms with van der Waals surface area (Å²) in [6.45, 7) is 0. The van der Waals surface area contributed by atoms with Gasteiger partial charge in [0.2, 0.25) is 0 Å². The van der Waals surface area contributed by atoms with E-state index < -0.39 is 0 Å². The molecule has 0 fully saturated rings. The van der Waals surface area contributed by atoms with Gasteiger partial charge in [-0.05, 0) is 90.6 Å². The molecule has 0 saturated heterocycles. The maximum Gasteiger partial charge on any atom is 0.159 e. The average molecular weight is 640 g/mol. The summed E-state index contributed by atoms with van der Waals surface area (Å²) in [4.78, 5) is 1.98. The molecule has 0 unspecified atom stereocenters. The summed E-state index contributed by atoms with van der Waals surface area (Å²) in [6, 6.07) is 41.8. The molecule has 11 nitrogen and oxygen atoms in total. The van der Waals surface area contributed by atoms with Crippen molar-refractivity contribution in [1.82, 2.24) is 30.9 Å². The van der Waals surface area contributed by atoms with Gasteiger partial charge in [0.25, 0.3) is 0 Å². The molecule has 0 aliphatic rings. The topological polar surface area (TPSA) is 133 Å². The predicted octanol–water partition coefficient (Wildman–Crippen LogP) is 9.51. The first kappa shape index (κ1) is 27.0. The van der Waals surface area contributed by atoms with E-state index in [2.05, 4.69) is 30.9 Å².